The summed E-state index contributed by atoms with van der Waals surface area (Å²) in [7, 11) is 1.52. The second-order valence-corrected chi connectivity index (χ2v) is 3.85. The summed E-state index contributed by atoms with van der Waals surface area (Å²) in [4.78, 5) is 4.40. The van der Waals surface area contributed by atoms with E-state index in [1.165, 1.54) is 19.2 Å². The first-order chi connectivity index (χ1) is 8.15. The molecule has 0 unspecified atom stereocenters. The summed E-state index contributed by atoms with van der Waals surface area (Å²) in [6, 6.07) is 4.73. The van der Waals surface area contributed by atoms with E-state index in [1.54, 1.807) is 0 Å². The molecule has 90 valence electrons. The lowest BCUT2D eigenvalue weighted by atomic mass is 10.1. The van der Waals surface area contributed by atoms with Gasteiger partial charge in [-0.15, -0.1) is 0 Å². The minimum absolute atomic E-state index is 0.320. The smallest absolute Gasteiger partial charge is 0.148 e. The van der Waals surface area contributed by atoms with Gasteiger partial charge in [-0.2, -0.15) is 0 Å². The van der Waals surface area contributed by atoms with Crippen LogP contribution in [-0.4, -0.2) is 18.6 Å². The number of hydrogen-bond donors (Lipinski definition) is 1. The third kappa shape index (κ3) is 2.16. The summed E-state index contributed by atoms with van der Waals surface area (Å²) in [5.74, 6) is 0.141. The molecular weight excluding hydrogens is 219 g/mol. The average molecular weight is 234 g/mol. The third-order valence-corrected chi connectivity index (χ3v) is 2.56. The Balaban J connectivity index is 2.78. The predicted octanol–water partition coefficient (Wildman–Crippen LogP) is 3.12. The molecule has 0 bridgehead atoms. The lowest BCUT2D eigenvalue weighted by molar-refractivity contribution is 0.415. The van der Waals surface area contributed by atoms with Gasteiger partial charge >= 0.3 is 0 Å². The topological polar surface area (TPSA) is 34.2 Å². The van der Waals surface area contributed by atoms with Crippen molar-refractivity contribution in [1.29, 1.82) is 0 Å². The number of nitrogens with one attached hydrogen (secondary N) is 1. The van der Waals surface area contributed by atoms with E-state index >= 15 is 0 Å². The van der Waals surface area contributed by atoms with E-state index < -0.39 is 0 Å². The minimum Gasteiger partial charge on any atom is -0.494 e. The molecule has 0 radical (unpaired) electrons. The second kappa shape index (κ2) is 4.57. The number of hydrogen-bond acceptors (Lipinski definition) is 3. The summed E-state index contributed by atoms with van der Waals surface area (Å²) in [5, 5.41) is 3.95. The summed E-state index contributed by atoms with van der Waals surface area (Å²) < 4.78 is 18.6. The molecular formula is C13H15FN2O. The molecule has 1 aromatic carbocycles. The molecule has 0 aliphatic carbocycles. The molecule has 1 N–H and O–H groups in total. The number of halogens is 1. The van der Waals surface area contributed by atoms with Gasteiger partial charge in [0.05, 0.1) is 7.11 Å². The number of fused-ring (bicyclic) bond motifs is 1. The lowest BCUT2D eigenvalue weighted by Crippen LogP contribution is -2.00. The van der Waals surface area contributed by atoms with Gasteiger partial charge in [-0.25, -0.2) is 9.37 Å². The zero-order chi connectivity index (χ0) is 12.4. The molecule has 4 heteroatoms. The molecule has 0 atom stereocenters. The number of ether oxygens (including phenoxy) is 1. The highest BCUT2D eigenvalue weighted by atomic mass is 19.1. The van der Waals surface area contributed by atoms with Crippen LogP contribution in [0.4, 0.5) is 10.1 Å². The Morgan fingerprint density at radius 3 is 2.76 bits per heavy atom. The summed E-state index contributed by atoms with van der Waals surface area (Å²) in [5.41, 5.74) is 2.44. The van der Waals surface area contributed by atoms with Gasteiger partial charge < -0.3 is 10.1 Å². The Kier molecular flexibility index (Phi) is 3.13. The first-order valence-electron chi connectivity index (χ1n) is 5.54. The molecule has 0 aliphatic heterocycles. The van der Waals surface area contributed by atoms with Crippen molar-refractivity contribution in [3.05, 3.63) is 29.7 Å². The maximum absolute atomic E-state index is 13.5. The third-order valence-electron chi connectivity index (χ3n) is 2.56. The Hall–Kier alpha value is -1.84. The minimum atomic E-state index is -0.320. The van der Waals surface area contributed by atoms with Crippen LogP contribution in [0.2, 0.25) is 0 Å². The van der Waals surface area contributed by atoms with E-state index in [1.807, 2.05) is 19.9 Å². The SMILES string of the molecule is CCNc1cc(C)nc2c(OC)cc(F)cc12. The van der Waals surface area contributed by atoms with Crippen LogP contribution in [0.5, 0.6) is 5.75 Å². The van der Waals surface area contributed by atoms with Crippen LogP contribution in [0.25, 0.3) is 10.9 Å². The van der Waals surface area contributed by atoms with Crippen LogP contribution in [0.15, 0.2) is 18.2 Å². The maximum Gasteiger partial charge on any atom is 0.148 e. The van der Waals surface area contributed by atoms with Crippen molar-refractivity contribution in [2.75, 3.05) is 19.0 Å². The Bertz CT molecular complexity index is 555. The number of pyridine rings is 1. The Morgan fingerprint density at radius 2 is 2.12 bits per heavy atom. The second-order valence-electron chi connectivity index (χ2n) is 3.85. The highest BCUT2D eigenvalue weighted by Gasteiger charge is 2.10. The molecule has 0 aliphatic rings. The van der Waals surface area contributed by atoms with Gasteiger partial charge in [0.15, 0.2) is 0 Å². The van der Waals surface area contributed by atoms with E-state index in [0.29, 0.717) is 11.3 Å². The maximum atomic E-state index is 13.5. The molecule has 3 nitrogen and oxygen atoms in total. The van der Waals surface area contributed by atoms with Gasteiger partial charge in [0.2, 0.25) is 0 Å². The van der Waals surface area contributed by atoms with Crippen molar-refractivity contribution in [3.8, 4) is 5.75 Å². The largest absolute Gasteiger partial charge is 0.494 e. The first kappa shape index (κ1) is 11.6. The van der Waals surface area contributed by atoms with Gasteiger partial charge in [0, 0.05) is 29.4 Å². The quantitative estimate of drug-likeness (QED) is 0.886. The fraction of sp³-hybridized carbons (Fsp3) is 0.308. The van der Waals surface area contributed by atoms with Crippen molar-refractivity contribution < 1.29 is 9.13 Å². The zero-order valence-electron chi connectivity index (χ0n) is 10.2. The summed E-state index contributed by atoms with van der Waals surface area (Å²) in [6.07, 6.45) is 0. The average Bonchev–Trinajstić information content (AvgIpc) is 2.29. The number of benzene rings is 1. The summed E-state index contributed by atoms with van der Waals surface area (Å²) >= 11 is 0. The van der Waals surface area contributed by atoms with E-state index in [4.69, 9.17) is 4.74 Å². The monoisotopic (exact) mass is 234 g/mol. The molecule has 0 spiro atoms. The molecule has 2 rings (SSSR count). The molecule has 0 fully saturated rings. The van der Waals surface area contributed by atoms with Crippen LogP contribution in [-0.2, 0) is 0 Å². The fourth-order valence-electron chi connectivity index (χ4n) is 1.88. The van der Waals surface area contributed by atoms with Gasteiger partial charge in [-0.05, 0) is 26.0 Å². The molecule has 0 saturated carbocycles. The van der Waals surface area contributed by atoms with Crippen LogP contribution < -0.4 is 10.1 Å². The Labute approximate surface area is 99.6 Å². The lowest BCUT2D eigenvalue weighted by Gasteiger charge is -2.11. The number of aryl methyl sites for hydroxylation is 1. The molecule has 17 heavy (non-hydrogen) atoms. The van der Waals surface area contributed by atoms with Crippen molar-refractivity contribution >= 4 is 16.6 Å². The van der Waals surface area contributed by atoms with Gasteiger partial charge in [-0.1, -0.05) is 0 Å². The highest BCUT2D eigenvalue weighted by molar-refractivity contribution is 5.95. The molecule has 1 aromatic heterocycles. The van der Waals surface area contributed by atoms with E-state index in [-0.39, 0.29) is 5.82 Å². The summed E-state index contributed by atoms with van der Waals surface area (Å²) in [6.45, 7) is 4.68. The van der Waals surface area contributed by atoms with Crippen molar-refractivity contribution in [3.63, 3.8) is 0 Å². The van der Waals surface area contributed by atoms with Crippen molar-refractivity contribution in [2.24, 2.45) is 0 Å². The van der Waals surface area contributed by atoms with E-state index in [0.717, 1.165) is 23.3 Å². The first-order valence-corrected chi connectivity index (χ1v) is 5.54. The van der Waals surface area contributed by atoms with E-state index in [9.17, 15) is 4.39 Å². The van der Waals surface area contributed by atoms with Crippen molar-refractivity contribution in [1.82, 2.24) is 4.98 Å². The highest BCUT2D eigenvalue weighted by Crippen LogP contribution is 2.31. The van der Waals surface area contributed by atoms with E-state index in [2.05, 4.69) is 10.3 Å². The number of methoxy groups -OCH3 is 1. The number of nitrogens with zero attached hydrogens (tertiary/aromatic N) is 1. The molecule has 0 amide bonds. The van der Waals surface area contributed by atoms with Crippen LogP contribution in [0.3, 0.4) is 0 Å². The van der Waals surface area contributed by atoms with Crippen LogP contribution in [0, 0.1) is 12.7 Å². The molecule has 1 heterocycles. The van der Waals surface area contributed by atoms with Crippen LogP contribution >= 0.6 is 0 Å². The standard InChI is InChI=1S/C13H15FN2O/c1-4-15-11-5-8(2)16-13-10(11)6-9(14)7-12(13)17-3/h5-7H,4H2,1-3H3,(H,15,16). The van der Waals surface area contributed by atoms with Crippen molar-refractivity contribution in [2.45, 2.75) is 13.8 Å². The molecule has 0 saturated heterocycles. The number of anilines is 1. The number of rotatable bonds is 3. The molecule has 2 aromatic rings. The zero-order valence-corrected chi connectivity index (χ0v) is 10.2. The van der Waals surface area contributed by atoms with Gasteiger partial charge in [-0.3, -0.25) is 0 Å². The van der Waals surface area contributed by atoms with Crippen LogP contribution in [0.1, 0.15) is 12.6 Å². The van der Waals surface area contributed by atoms with Gasteiger partial charge in [0.25, 0.3) is 0 Å². The Morgan fingerprint density at radius 1 is 1.35 bits per heavy atom. The van der Waals surface area contributed by atoms with Gasteiger partial charge in [0.1, 0.15) is 17.1 Å². The number of aromatic nitrogens is 1. The normalized spacial score (nSPS) is 10.6. The fourth-order valence-corrected chi connectivity index (χ4v) is 1.88. The predicted molar refractivity (Wildman–Crippen MR) is 67.2 cm³/mol.